The third-order valence-corrected chi connectivity index (χ3v) is 2.77. The van der Waals surface area contributed by atoms with Gasteiger partial charge in [0, 0.05) is 18.0 Å². The van der Waals surface area contributed by atoms with Gasteiger partial charge in [0.2, 0.25) is 0 Å². The summed E-state index contributed by atoms with van der Waals surface area (Å²) in [5.74, 6) is 0.585. The average molecular weight is 241 g/mol. The molecule has 0 radical (unpaired) electrons. The smallest absolute Gasteiger partial charge is 0.153 e. The third kappa shape index (κ3) is 2.56. The molecule has 92 valence electrons. The fraction of sp³-hybridized carbons (Fsp3) is 0.200. The fourth-order valence-electron chi connectivity index (χ4n) is 1.72. The summed E-state index contributed by atoms with van der Waals surface area (Å²) in [5, 5.41) is 0. The van der Waals surface area contributed by atoms with Gasteiger partial charge in [-0.1, -0.05) is 18.2 Å². The number of benzene rings is 1. The summed E-state index contributed by atoms with van der Waals surface area (Å²) in [7, 11) is 0. The first kappa shape index (κ1) is 12.3. The Balaban J connectivity index is 2.30. The predicted octanol–water partition coefficient (Wildman–Crippen LogP) is 3.21. The summed E-state index contributed by atoms with van der Waals surface area (Å²) in [6.07, 6.45) is 4.29. The molecule has 2 aromatic rings. The van der Waals surface area contributed by atoms with E-state index in [9.17, 15) is 4.79 Å². The van der Waals surface area contributed by atoms with Crippen molar-refractivity contribution in [3.8, 4) is 5.75 Å². The minimum Gasteiger partial charge on any atom is -0.482 e. The van der Waals surface area contributed by atoms with Crippen molar-refractivity contribution in [3.63, 3.8) is 0 Å². The van der Waals surface area contributed by atoms with E-state index in [0.717, 1.165) is 11.8 Å². The third-order valence-electron chi connectivity index (χ3n) is 2.77. The Hall–Kier alpha value is -2.16. The van der Waals surface area contributed by atoms with Crippen LogP contribution in [0.3, 0.4) is 0 Å². The zero-order valence-electron chi connectivity index (χ0n) is 10.5. The lowest BCUT2D eigenvalue weighted by Crippen LogP contribution is -2.25. The van der Waals surface area contributed by atoms with E-state index in [1.165, 1.54) is 0 Å². The maximum Gasteiger partial charge on any atom is 0.153 e. The molecule has 0 fully saturated rings. The number of hydrogen-bond acceptors (Lipinski definition) is 3. The van der Waals surface area contributed by atoms with Crippen molar-refractivity contribution in [1.82, 2.24) is 4.98 Å². The highest BCUT2D eigenvalue weighted by atomic mass is 16.5. The molecule has 0 unspecified atom stereocenters. The van der Waals surface area contributed by atoms with Gasteiger partial charge in [0.1, 0.15) is 11.4 Å². The van der Waals surface area contributed by atoms with Gasteiger partial charge in [-0.3, -0.25) is 9.78 Å². The molecule has 0 bridgehead atoms. The number of pyridine rings is 1. The topological polar surface area (TPSA) is 39.2 Å². The van der Waals surface area contributed by atoms with Crippen LogP contribution in [0.15, 0.2) is 48.8 Å². The summed E-state index contributed by atoms with van der Waals surface area (Å²) in [6.45, 7) is 3.90. The van der Waals surface area contributed by atoms with Crippen LogP contribution in [-0.2, 0) is 5.60 Å². The highest BCUT2D eigenvalue weighted by Crippen LogP contribution is 2.28. The van der Waals surface area contributed by atoms with Crippen molar-refractivity contribution in [2.24, 2.45) is 0 Å². The highest BCUT2D eigenvalue weighted by molar-refractivity contribution is 5.79. The van der Waals surface area contributed by atoms with Crippen LogP contribution in [0.25, 0.3) is 0 Å². The summed E-state index contributed by atoms with van der Waals surface area (Å²) in [6, 6.07) is 11.0. The largest absolute Gasteiger partial charge is 0.482 e. The van der Waals surface area contributed by atoms with Gasteiger partial charge in [0.25, 0.3) is 0 Å². The van der Waals surface area contributed by atoms with Crippen LogP contribution < -0.4 is 4.74 Å². The molecule has 0 saturated carbocycles. The number of para-hydroxylation sites is 1. The minimum absolute atomic E-state index is 0.534. The second-order valence-corrected chi connectivity index (χ2v) is 4.51. The molecule has 0 spiro atoms. The molecular weight excluding hydrogens is 226 g/mol. The van der Waals surface area contributed by atoms with Crippen LogP contribution in [-0.4, -0.2) is 11.3 Å². The van der Waals surface area contributed by atoms with Gasteiger partial charge in [-0.2, -0.15) is 0 Å². The standard InChI is InChI=1S/C15H15NO2/c1-15(2,13-7-5-9-16-10-13)18-14-8-4-3-6-12(14)11-17/h3-11H,1-2H3. The van der Waals surface area contributed by atoms with Crippen molar-refractivity contribution < 1.29 is 9.53 Å². The van der Waals surface area contributed by atoms with E-state index in [-0.39, 0.29) is 0 Å². The number of carbonyl (C=O) groups excluding carboxylic acids is 1. The van der Waals surface area contributed by atoms with E-state index in [4.69, 9.17) is 4.74 Å². The molecule has 0 saturated heterocycles. The number of rotatable bonds is 4. The summed E-state index contributed by atoms with van der Waals surface area (Å²) < 4.78 is 5.94. The number of hydrogen-bond donors (Lipinski definition) is 0. The Labute approximate surface area is 106 Å². The van der Waals surface area contributed by atoms with Gasteiger partial charge in [-0.15, -0.1) is 0 Å². The zero-order chi connectivity index (χ0) is 13.0. The molecule has 0 N–H and O–H groups in total. The Kier molecular flexibility index (Phi) is 3.42. The van der Waals surface area contributed by atoms with E-state index >= 15 is 0 Å². The second-order valence-electron chi connectivity index (χ2n) is 4.51. The van der Waals surface area contributed by atoms with Gasteiger partial charge >= 0.3 is 0 Å². The van der Waals surface area contributed by atoms with Gasteiger partial charge in [-0.25, -0.2) is 0 Å². The van der Waals surface area contributed by atoms with Gasteiger partial charge in [0.05, 0.1) is 5.56 Å². The maximum absolute atomic E-state index is 11.0. The monoisotopic (exact) mass is 241 g/mol. The van der Waals surface area contributed by atoms with Crippen LogP contribution in [0, 0.1) is 0 Å². The molecule has 1 aromatic carbocycles. The first-order valence-corrected chi connectivity index (χ1v) is 5.77. The molecule has 1 aromatic heterocycles. The summed E-state index contributed by atoms with van der Waals surface area (Å²) in [4.78, 5) is 15.0. The van der Waals surface area contributed by atoms with Crippen molar-refractivity contribution >= 4 is 6.29 Å². The number of ether oxygens (including phenoxy) is 1. The van der Waals surface area contributed by atoms with Crippen molar-refractivity contribution in [2.75, 3.05) is 0 Å². The molecule has 0 amide bonds. The lowest BCUT2D eigenvalue weighted by Gasteiger charge is -2.27. The molecule has 3 nitrogen and oxygen atoms in total. The van der Waals surface area contributed by atoms with Crippen LogP contribution in [0.1, 0.15) is 29.8 Å². The van der Waals surface area contributed by atoms with Crippen LogP contribution in [0.4, 0.5) is 0 Å². The fourth-order valence-corrected chi connectivity index (χ4v) is 1.72. The maximum atomic E-state index is 11.0. The first-order valence-electron chi connectivity index (χ1n) is 5.77. The lowest BCUT2D eigenvalue weighted by molar-refractivity contribution is 0.102. The Bertz CT molecular complexity index is 535. The number of aromatic nitrogens is 1. The van der Waals surface area contributed by atoms with Crippen LogP contribution in [0.2, 0.25) is 0 Å². The predicted molar refractivity (Wildman–Crippen MR) is 69.7 cm³/mol. The van der Waals surface area contributed by atoms with E-state index in [2.05, 4.69) is 4.98 Å². The summed E-state index contributed by atoms with van der Waals surface area (Å²) >= 11 is 0. The Morgan fingerprint density at radius 1 is 1.17 bits per heavy atom. The molecule has 0 atom stereocenters. The minimum atomic E-state index is -0.534. The molecular formula is C15H15NO2. The van der Waals surface area contributed by atoms with Crippen LogP contribution in [0.5, 0.6) is 5.75 Å². The van der Waals surface area contributed by atoms with Gasteiger partial charge in [0.15, 0.2) is 6.29 Å². The molecule has 1 heterocycles. The quantitative estimate of drug-likeness (QED) is 0.771. The first-order chi connectivity index (χ1) is 8.63. The zero-order valence-corrected chi connectivity index (χ0v) is 10.5. The lowest BCUT2D eigenvalue weighted by atomic mass is 10.00. The number of nitrogens with zero attached hydrogens (tertiary/aromatic N) is 1. The normalized spacial score (nSPS) is 11.0. The van der Waals surface area contributed by atoms with E-state index in [1.54, 1.807) is 24.5 Å². The van der Waals surface area contributed by atoms with E-state index in [0.29, 0.717) is 11.3 Å². The highest BCUT2D eigenvalue weighted by Gasteiger charge is 2.23. The van der Waals surface area contributed by atoms with Crippen molar-refractivity contribution in [3.05, 3.63) is 59.9 Å². The molecule has 0 aliphatic carbocycles. The molecule has 2 rings (SSSR count). The van der Waals surface area contributed by atoms with Crippen molar-refractivity contribution in [1.29, 1.82) is 0 Å². The Morgan fingerprint density at radius 2 is 1.94 bits per heavy atom. The van der Waals surface area contributed by atoms with Crippen molar-refractivity contribution in [2.45, 2.75) is 19.4 Å². The van der Waals surface area contributed by atoms with E-state index in [1.807, 2.05) is 38.1 Å². The van der Waals surface area contributed by atoms with Gasteiger partial charge in [-0.05, 0) is 32.0 Å². The molecule has 3 heteroatoms. The average Bonchev–Trinajstić information content (AvgIpc) is 2.40. The Morgan fingerprint density at radius 3 is 2.61 bits per heavy atom. The SMILES string of the molecule is CC(C)(Oc1ccccc1C=O)c1cccnc1. The number of aldehydes is 1. The van der Waals surface area contributed by atoms with E-state index < -0.39 is 5.60 Å². The molecule has 0 aliphatic rings. The molecule has 0 aliphatic heterocycles. The summed E-state index contributed by atoms with van der Waals surface area (Å²) in [5.41, 5.74) is 0.980. The molecule has 18 heavy (non-hydrogen) atoms. The van der Waals surface area contributed by atoms with Gasteiger partial charge < -0.3 is 4.74 Å². The van der Waals surface area contributed by atoms with Crippen LogP contribution >= 0.6 is 0 Å². The second kappa shape index (κ2) is 5.00. The number of carbonyl (C=O) groups is 1.